The van der Waals surface area contributed by atoms with Crippen molar-refractivity contribution in [3.05, 3.63) is 35.8 Å². The van der Waals surface area contributed by atoms with Gasteiger partial charge in [0.25, 0.3) is 0 Å². The molecule has 0 aromatic rings. The molecular weight excluding hydrogens is 362 g/mol. The van der Waals surface area contributed by atoms with Gasteiger partial charge in [-0.3, -0.25) is 4.90 Å². The van der Waals surface area contributed by atoms with Crippen molar-refractivity contribution >= 4 is 49.4 Å². The van der Waals surface area contributed by atoms with Crippen molar-refractivity contribution in [2.45, 2.75) is 3.74 Å². The molecule has 88 valence electrons. The lowest BCUT2D eigenvalue weighted by atomic mass is 10.1. The third-order valence-electron chi connectivity index (χ3n) is 2.49. The molecule has 0 saturated heterocycles. The lowest BCUT2D eigenvalue weighted by Gasteiger charge is -2.32. The number of alkyl halides is 2. The molecule has 0 fully saturated rings. The largest absolute Gasteiger partial charge is 0.261 e. The predicted molar refractivity (Wildman–Crippen MR) is 76.7 cm³/mol. The number of amidine groups is 3. The molecule has 0 unspecified atom stereocenters. The molecule has 0 atom stereocenters. The van der Waals surface area contributed by atoms with E-state index < -0.39 is 0 Å². The summed E-state index contributed by atoms with van der Waals surface area (Å²) < 4.78 is -0.159. The van der Waals surface area contributed by atoms with Crippen LogP contribution in [-0.4, -0.2) is 26.1 Å². The Morgan fingerprint density at radius 1 is 1.33 bits per heavy atom. The second-order valence-electron chi connectivity index (χ2n) is 3.57. The number of hydrogen-bond donors (Lipinski definition) is 0. The molecule has 3 aliphatic rings. The van der Waals surface area contributed by atoms with E-state index in [1.54, 1.807) is 4.90 Å². The minimum atomic E-state index is -0.159. The van der Waals surface area contributed by atoms with Crippen LogP contribution in [0.1, 0.15) is 0 Å². The number of hydrogen-bond acceptors (Lipinski definition) is 5. The predicted octanol–water partition coefficient (Wildman–Crippen LogP) is 2.45. The smallest absolute Gasteiger partial charge is 0.161 e. The Morgan fingerprint density at radius 3 is 2.89 bits per heavy atom. The molecule has 0 radical (unpaired) electrons. The van der Waals surface area contributed by atoms with Crippen LogP contribution in [0.15, 0.2) is 50.8 Å². The Balaban J connectivity index is 2.20. The fourth-order valence-electron chi connectivity index (χ4n) is 1.74. The summed E-state index contributed by atoms with van der Waals surface area (Å²) in [6, 6.07) is 2.10. The van der Waals surface area contributed by atoms with Gasteiger partial charge >= 0.3 is 0 Å². The molecule has 3 rings (SSSR count). The van der Waals surface area contributed by atoms with Crippen LogP contribution in [0.2, 0.25) is 0 Å². The van der Waals surface area contributed by atoms with Gasteiger partial charge in [0.05, 0.1) is 6.20 Å². The van der Waals surface area contributed by atoms with Gasteiger partial charge in [-0.15, -0.1) is 0 Å². The summed E-state index contributed by atoms with van der Waals surface area (Å²) in [5.74, 6) is 2.56. The molecular formula is C11H5Br2N5. The summed E-state index contributed by atoms with van der Waals surface area (Å²) in [5, 5.41) is 9.12. The summed E-state index contributed by atoms with van der Waals surface area (Å²) in [5.41, 5.74) is 0.424. The van der Waals surface area contributed by atoms with Gasteiger partial charge in [-0.25, -0.2) is 15.0 Å². The first-order chi connectivity index (χ1) is 8.70. The summed E-state index contributed by atoms with van der Waals surface area (Å²) in [6.45, 7) is 0. The van der Waals surface area contributed by atoms with Gasteiger partial charge in [0, 0.05) is 0 Å². The van der Waals surface area contributed by atoms with Gasteiger partial charge in [-0.2, -0.15) is 5.26 Å². The van der Waals surface area contributed by atoms with Crippen LogP contribution >= 0.6 is 31.9 Å². The fourth-order valence-corrected chi connectivity index (χ4v) is 2.15. The van der Waals surface area contributed by atoms with Crippen LogP contribution in [0.5, 0.6) is 0 Å². The molecule has 0 amide bonds. The van der Waals surface area contributed by atoms with E-state index in [9.17, 15) is 0 Å². The molecule has 0 aliphatic carbocycles. The average molecular weight is 367 g/mol. The molecule has 3 heterocycles. The maximum atomic E-state index is 9.12. The van der Waals surface area contributed by atoms with E-state index >= 15 is 0 Å². The van der Waals surface area contributed by atoms with E-state index in [2.05, 4.69) is 52.9 Å². The summed E-state index contributed by atoms with van der Waals surface area (Å²) in [4.78, 5) is 14.8. The highest BCUT2D eigenvalue weighted by Crippen LogP contribution is 2.27. The molecule has 7 heteroatoms. The molecule has 0 bridgehead atoms. The topological polar surface area (TPSA) is 64.1 Å². The van der Waals surface area contributed by atoms with Crippen molar-refractivity contribution < 1.29 is 0 Å². The van der Waals surface area contributed by atoms with Crippen molar-refractivity contribution in [2.75, 3.05) is 0 Å². The summed E-state index contributed by atoms with van der Waals surface area (Å²) in [6.07, 6.45) is 7.11. The maximum Gasteiger partial charge on any atom is 0.161 e. The van der Waals surface area contributed by atoms with Gasteiger partial charge in [0.1, 0.15) is 27.0 Å². The van der Waals surface area contributed by atoms with Crippen LogP contribution in [0.25, 0.3) is 0 Å². The van der Waals surface area contributed by atoms with Crippen LogP contribution in [-0.2, 0) is 0 Å². The summed E-state index contributed by atoms with van der Waals surface area (Å²) >= 11 is 6.73. The Kier molecular flexibility index (Phi) is 2.76. The summed E-state index contributed by atoms with van der Waals surface area (Å²) in [7, 11) is 0. The molecule has 3 aliphatic heterocycles. The zero-order chi connectivity index (χ0) is 12.7. The van der Waals surface area contributed by atoms with Crippen LogP contribution in [0.3, 0.4) is 0 Å². The standard InChI is InChI=1S/C11H5Br2N5/c12-9(13)10-16-8-3-1-2-7-15-5-6(4-14)11(17-10)18(7)8/h1-3,5,9H. The quantitative estimate of drug-likeness (QED) is 0.669. The van der Waals surface area contributed by atoms with Crippen molar-refractivity contribution in [1.82, 2.24) is 4.90 Å². The Labute approximate surface area is 120 Å². The number of nitrogens with zero attached hydrogens (tertiary/aromatic N) is 5. The first-order valence-electron chi connectivity index (χ1n) is 5.03. The van der Waals surface area contributed by atoms with Gasteiger partial charge in [0.15, 0.2) is 11.7 Å². The normalized spacial score (nSPS) is 20.3. The van der Waals surface area contributed by atoms with E-state index in [-0.39, 0.29) is 3.74 Å². The molecule has 18 heavy (non-hydrogen) atoms. The third kappa shape index (κ3) is 1.69. The van der Waals surface area contributed by atoms with Crippen LogP contribution in [0, 0.1) is 11.3 Å². The van der Waals surface area contributed by atoms with Gasteiger partial charge in [-0.1, -0.05) is 37.9 Å². The highest BCUT2D eigenvalue weighted by molar-refractivity contribution is 9.25. The maximum absolute atomic E-state index is 9.12. The number of halogens is 2. The molecule has 0 aromatic heterocycles. The van der Waals surface area contributed by atoms with Crippen molar-refractivity contribution in [3.8, 4) is 6.07 Å². The van der Waals surface area contributed by atoms with Crippen LogP contribution in [0.4, 0.5) is 0 Å². The molecule has 5 nitrogen and oxygen atoms in total. The van der Waals surface area contributed by atoms with E-state index in [1.165, 1.54) is 6.20 Å². The van der Waals surface area contributed by atoms with Crippen molar-refractivity contribution in [1.29, 1.82) is 5.26 Å². The van der Waals surface area contributed by atoms with Crippen molar-refractivity contribution in [2.24, 2.45) is 15.0 Å². The molecule has 0 spiro atoms. The van der Waals surface area contributed by atoms with Gasteiger partial charge in [-0.05, 0) is 12.2 Å². The lowest BCUT2D eigenvalue weighted by molar-refractivity contribution is 0.719. The van der Waals surface area contributed by atoms with Crippen LogP contribution < -0.4 is 0 Å². The first kappa shape index (κ1) is 11.6. The zero-order valence-electron chi connectivity index (χ0n) is 8.88. The Hall–Kier alpha value is -1.52. The molecule has 0 saturated carbocycles. The second-order valence-corrected chi connectivity index (χ2v) is 6.63. The minimum Gasteiger partial charge on any atom is -0.261 e. The van der Waals surface area contributed by atoms with E-state index in [0.29, 0.717) is 28.9 Å². The number of rotatable bonds is 1. The van der Waals surface area contributed by atoms with Crippen molar-refractivity contribution in [3.63, 3.8) is 0 Å². The van der Waals surface area contributed by atoms with E-state index in [4.69, 9.17) is 5.26 Å². The molecule has 0 N–H and O–H groups in total. The van der Waals surface area contributed by atoms with Gasteiger partial charge < -0.3 is 0 Å². The SMILES string of the molecule is N#CC1=CN=C2C=CC=C3N=C(C(Br)Br)N=C1N32. The molecule has 0 aromatic carbocycles. The zero-order valence-corrected chi connectivity index (χ0v) is 12.1. The number of nitriles is 1. The van der Waals surface area contributed by atoms with E-state index in [0.717, 1.165) is 0 Å². The second kappa shape index (κ2) is 4.30. The lowest BCUT2D eigenvalue weighted by Crippen LogP contribution is -2.42. The van der Waals surface area contributed by atoms with E-state index in [1.807, 2.05) is 18.2 Å². The average Bonchev–Trinajstić information content (AvgIpc) is 2.39. The minimum absolute atomic E-state index is 0.159. The Morgan fingerprint density at radius 2 is 2.17 bits per heavy atom. The third-order valence-corrected chi connectivity index (χ3v) is 3.31. The number of allylic oxidation sites excluding steroid dienone is 2. The first-order valence-corrected chi connectivity index (χ1v) is 6.86. The van der Waals surface area contributed by atoms with Gasteiger partial charge in [0.2, 0.25) is 0 Å². The highest BCUT2D eigenvalue weighted by Gasteiger charge is 2.32. The Bertz CT molecular complexity index is 643. The highest BCUT2D eigenvalue weighted by atomic mass is 79.9. The monoisotopic (exact) mass is 365 g/mol. The number of aliphatic imine (C=N–C) groups is 3. The fraction of sp³-hybridized carbons (Fsp3) is 0.0909.